The first-order chi connectivity index (χ1) is 12.4. The lowest BCUT2D eigenvalue weighted by molar-refractivity contribution is -0.384. The fourth-order valence-corrected chi connectivity index (χ4v) is 2.69. The van der Waals surface area contributed by atoms with Gasteiger partial charge in [-0.3, -0.25) is 19.3 Å². The molecule has 0 N–H and O–H groups in total. The molecule has 0 spiro atoms. The highest BCUT2D eigenvalue weighted by Gasteiger charge is 2.16. The lowest BCUT2D eigenvalue weighted by Gasteiger charge is -2.08. The third kappa shape index (κ3) is 3.40. The number of hydrogen-bond acceptors (Lipinski definition) is 6. The summed E-state index contributed by atoms with van der Waals surface area (Å²) in [5, 5.41) is 10.6. The Bertz CT molecular complexity index is 1090. The molecule has 0 aliphatic heterocycles. The van der Waals surface area contributed by atoms with Crippen LogP contribution in [0.2, 0.25) is 5.02 Å². The Balaban J connectivity index is 1.81. The number of hydrogen-bond donors (Lipinski definition) is 0. The maximum absolute atomic E-state index is 12.2. The summed E-state index contributed by atoms with van der Waals surface area (Å²) in [4.78, 5) is 38.7. The van der Waals surface area contributed by atoms with Crippen LogP contribution >= 0.6 is 11.6 Å². The van der Waals surface area contributed by atoms with Gasteiger partial charge in [0.1, 0.15) is 12.3 Å². The topological polar surface area (TPSA) is 104 Å². The first kappa shape index (κ1) is 17.6. The Kier molecular flexibility index (Phi) is 4.68. The Morgan fingerprint density at radius 1 is 1.31 bits per heavy atom. The normalized spacial score (nSPS) is 10.7. The number of halogens is 1. The fourth-order valence-electron chi connectivity index (χ4n) is 2.44. The van der Waals surface area contributed by atoms with E-state index in [4.69, 9.17) is 16.3 Å². The van der Waals surface area contributed by atoms with Crippen LogP contribution in [-0.4, -0.2) is 20.3 Å². The van der Waals surface area contributed by atoms with E-state index in [1.54, 1.807) is 25.1 Å². The molecule has 9 heteroatoms. The summed E-state index contributed by atoms with van der Waals surface area (Å²) in [7, 11) is 0. The van der Waals surface area contributed by atoms with Crippen LogP contribution in [0.4, 0.5) is 5.69 Å². The van der Waals surface area contributed by atoms with Gasteiger partial charge in [0.05, 0.1) is 21.2 Å². The fraction of sp³-hybridized carbons (Fsp3) is 0.118. The van der Waals surface area contributed by atoms with Crippen LogP contribution in [0.3, 0.4) is 0 Å². The summed E-state index contributed by atoms with van der Waals surface area (Å²) >= 11 is 5.90. The number of carbonyl (C=O) groups excluding carboxylic acids is 1. The molecule has 0 fully saturated rings. The Hall–Kier alpha value is -3.26. The predicted molar refractivity (Wildman–Crippen MR) is 93.4 cm³/mol. The summed E-state index contributed by atoms with van der Waals surface area (Å²) in [5.41, 5.74) is 0.939. The number of aromatic nitrogens is 2. The zero-order valence-electron chi connectivity index (χ0n) is 13.5. The number of benzene rings is 1. The van der Waals surface area contributed by atoms with E-state index >= 15 is 0 Å². The van der Waals surface area contributed by atoms with Crippen LogP contribution in [0, 0.1) is 17.0 Å². The van der Waals surface area contributed by atoms with Gasteiger partial charge in [0, 0.05) is 23.9 Å². The minimum absolute atomic E-state index is 0.00868. The molecule has 0 aliphatic carbocycles. The lowest BCUT2D eigenvalue weighted by atomic mass is 10.2. The molecule has 0 aliphatic rings. The Labute approximate surface area is 151 Å². The molecular formula is C17H12ClN3O5. The monoisotopic (exact) mass is 373 g/mol. The van der Waals surface area contributed by atoms with Gasteiger partial charge in [-0.15, -0.1) is 0 Å². The molecule has 3 rings (SSSR count). The van der Waals surface area contributed by atoms with E-state index in [2.05, 4.69) is 4.98 Å². The summed E-state index contributed by atoms with van der Waals surface area (Å²) in [6, 6.07) is 9.95. The SMILES string of the molecule is Cc1cccc2nc(COC(=O)c3ccc([N+](=O)[O-])cc3Cl)cc(=O)n12. The second kappa shape index (κ2) is 6.93. The molecule has 26 heavy (non-hydrogen) atoms. The molecule has 0 radical (unpaired) electrons. The van der Waals surface area contributed by atoms with Gasteiger partial charge in [-0.2, -0.15) is 0 Å². The number of pyridine rings is 1. The number of aryl methyl sites for hydroxylation is 1. The molecule has 2 aromatic heterocycles. The summed E-state index contributed by atoms with van der Waals surface area (Å²) in [5.74, 6) is -0.767. The van der Waals surface area contributed by atoms with E-state index in [1.807, 2.05) is 0 Å². The highest BCUT2D eigenvalue weighted by atomic mass is 35.5. The highest BCUT2D eigenvalue weighted by molar-refractivity contribution is 6.33. The van der Waals surface area contributed by atoms with Crippen molar-refractivity contribution >= 4 is 28.9 Å². The van der Waals surface area contributed by atoms with E-state index < -0.39 is 10.9 Å². The smallest absolute Gasteiger partial charge is 0.340 e. The molecule has 2 heterocycles. The molecule has 0 saturated heterocycles. The number of fused-ring (bicyclic) bond motifs is 1. The van der Waals surface area contributed by atoms with Gasteiger partial charge in [-0.05, 0) is 25.1 Å². The molecule has 0 atom stereocenters. The number of ether oxygens (including phenoxy) is 1. The molecule has 1 aromatic carbocycles. The molecule has 132 valence electrons. The van der Waals surface area contributed by atoms with Gasteiger partial charge < -0.3 is 4.74 Å². The number of carbonyl (C=O) groups is 1. The number of nitrogens with zero attached hydrogens (tertiary/aromatic N) is 3. The van der Waals surface area contributed by atoms with Crippen molar-refractivity contribution in [1.29, 1.82) is 0 Å². The second-order valence-corrected chi connectivity index (χ2v) is 5.85. The summed E-state index contributed by atoms with van der Waals surface area (Å²) in [6.45, 7) is 1.55. The average molecular weight is 374 g/mol. The quantitative estimate of drug-likeness (QED) is 0.395. The number of nitro benzene ring substituents is 1. The molecule has 0 saturated carbocycles. The van der Waals surface area contributed by atoms with Gasteiger partial charge >= 0.3 is 5.97 Å². The van der Waals surface area contributed by atoms with Crippen molar-refractivity contribution < 1.29 is 14.5 Å². The average Bonchev–Trinajstić information content (AvgIpc) is 2.59. The van der Waals surface area contributed by atoms with Crippen LogP contribution in [0.1, 0.15) is 21.7 Å². The van der Waals surface area contributed by atoms with Crippen molar-refractivity contribution in [2.45, 2.75) is 13.5 Å². The largest absolute Gasteiger partial charge is 0.456 e. The Morgan fingerprint density at radius 3 is 2.77 bits per heavy atom. The van der Waals surface area contributed by atoms with E-state index in [9.17, 15) is 19.7 Å². The van der Waals surface area contributed by atoms with E-state index in [1.165, 1.54) is 16.5 Å². The molecule has 3 aromatic rings. The zero-order chi connectivity index (χ0) is 18.8. The number of non-ortho nitro benzene ring substituents is 1. The van der Waals surface area contributed by atoms with Gasteiger partial charge in [0.15, 0.2) is 0 Å². The third-order valence-electron chi connectivity index (χ3n) is 3.67. The van der Waals surface area contributed by atoms with Crippen molar-refractivity contribution in [2.75, 3.05) is 0 Å². The molecule has 0 amide bonds. The summed E-state index contributed by atoms with van der Waals surface area (Å²) in [6.07, 6.45) is 0. The first-order valence-electron chi connectivity index (χ1n) is 7.46. The predicted octanol–water partition coefficient (Wildman–Crippen LogP) is 2.92. The van der Waals surface area contributed by atoms with Gasteiger partial charge in [0.2, 0.25) is 0 Å². The number of esters is 1. The minimum Gasteiger partial charge on any atom is -0.456 e. The first-order valence-corrected chi connectivity index (χ1v) is 7.84. The maximum Gasteiger partial charge on any atom is 0.340 e. The van der Waals surface area contributed by atoms with Gasteiger partial charge in [0.25, 0.3) is 11.2 Å². The maximum atomic E-state index is 12.2. The molecule has 0 unspecified atom stereocenters. The molecule has 0 bridgehead atoms. The van der Waals surface area contributed by atoms with E-state index in [-0.39, 0.29) is 34.1 Å². The van der Waals surface area contributed by atoms with Crippen molar-refractivity contribution in [1.82, 2.24) is 9.38 Å². The third-order valence-corrected chi connectivity index (χ3v) is 3.98. The lowest BCUT2D eigenvalue weighted by Crippen LogP contribution is -2.18. The van der Waals surface area contributed by atoms with Crippen LogP contribution in [0.25, 0.3) is 5.65 Å². The van der Waals surface area contributed by atoms with Crippen LogP contribution in [0.5, 0.6) is 0 Å². The van der Waals surface area contributed by atoms with Crippen molar-refractivity contribution in [3.05, 3.63) is 84.9 Å². The zero-order valence-corrected chi connectivity index (χ0v) is 14.3. The van der Waals surface area contributed by atoms with Crippen LogP contribution < -0.4 is 5.56 Å². The standard InChI is InChI=1S/C17H12ClN3O5/c1-10-3-2-4-15-19-11(7-16(22)20(10)15)9-26-17(23)13-6-5-12(21(24)25)8-14(13)18/h2-8H,9H2,1H3. The number of nitro groups is 1. The van der Waals surface area contributed by atoms with Crippen molar-refractivity contribution in [2.24, 2.45) is 0 Å². The second-order valence-electron chi connectivity index (χ2n) is 5.44. The minimum atomic E-state index is -0.767. The Morgan fingerprint density at radius 2 is 2.08 bits per heavy atom. The molecular weight excluding hydrogens is 362 g/mol. The van der Waals surface area contributed by atoms with E-state index in [0.717, 1.165) is 17.8 Å². The summed E-state index contributed by atoms with van der Waals surface area (Å²) < 4.78 is 6.57. The van der Waals surface area contributed by atoms with E-state index in [0.29, 0.717) is 5.65 Å². The van der Waals surface area contributed by atoms with Crippen molar-refractivity contribution in [3.63, 3.8) is 0 Å². The van der Waals surface area contributed by atoms with Gasteiger partial charge in [-0.1, -0.05) is 17.7 Å². The number of rotatable bonds is 4. The van der Waals surface area contributed by atoms with Crippen molar-refractivity contribution in [3.8, 4) is 0 Å². The van der Waals surface area contributed by atoms with Crippen LogP contribution in [-0.2, 0) is 11.3 Å². The molecule has 8 nitrogen and oxygen atoms in total. The van der Waals surface area contributed by atoms with Crippen LogP contribution in [0.15, 0.2) is 47.3 Å². The van der Waals surface area contributed by atoms with Gasteiger partial charge in [-0.25, -0.2) is 9.78 Å². The highest BCUT2D eigenvalue weighted by Crippen LogP contribution is 2.23.